The van der Waals surface area contributed by atoms with E-state index in [2.05, 4.69) is 52.8 Å². The van der Waals surface area contributed by atoms with Crippen LogP contribution in [0.4, 0.5) is 0 Å². The van der Waals surface area contributed by atoms with Crippen molar-refractivity contribution in [3.8, 4) is 0 Å². The molecule has 0 aliphatic rings. The molecule has 0 aliphatic heterocycles. The molecule has 16 heavy (non-hydrogen) atoms. The molecule has 1 heteroatoms. The van der Waals surface area contributed by atoms with Crippen molar-refractivity contribution in [2.45, 2.75) is 53.6 Å². The number of aryl methyl sites for hydroxylation is 2. The molecule has 1 nitrogen and oxygen atoms in total. The van der Waals surface area contributed by atoms with Gasteiger partial charge >= 0.3 is 0 Å². The predicted octanol–water partition coefficient (Wildman–Crippen LogP) is 4.16. The summed E-state index contributed by atoms with van der Waals surface area (Å²) in [7, 11) is 0. The van der Waals surface area contributed by atoms with E-state index in [1.54, 1.807) is 0 Å². The molecule has 0 bridgehead atoms. The predicted molar refractivity (Wildman–Crippen MR) is 69.6 cm³/mol. The van der Waals surface area contributed by atoms with Crippen LogP contribution in [0.25, 0.3) is 0 Å². The van der Waals surface area contributed by atoms with Gasteiger partial charge in [-0.2, -0.15) is 0 Å². The van der Waals surface area contributed by atoms with Gasteiger partial charge in [-0.25, -0.2) is 0 Å². The summed E-state index contributed by atoms with van der Waals surface area (Å²) in [5.41, 5.74) is 3.82. The molecule has 0 radical (unpaired) electrons. The zero-order valence-corrected chi connectivity index (χ0v) is 11.2. The van der Waals surface area contributed by atoms with E-state index in [4.69, 9.17) is 0 Å². The molecule has 0 aromatic heterocycles. The molecule has 1 unspecified atom stereocenters. The molecular weight excluding hydrogens is 196 g/mol. The monoisotopic (exact) mass is 220 g/mol. The van der Waals surface area contributed by atoms with Gasteiger partial charge in [0.1, 0.15) is 0 Å². The van der Waals surface area contributed by atoms with E-state index in [9.17, 15) is 5.11 Å². The smallest absolute Gasteiger partial charge is 0.0792 e. The van der Waals surface area contributed by atoms with E-state index in [0.717, 1.165) is 18.4 Å². The third-order valence-corrected chi connectivity index (χ3v) is 2.95. The molecule has 0 amide bonds. The molecular formula is C15H24O. The average molecular weight is 220 g/mol. The number of aliphatic hydroxyl groups is 1. The molecule has 0 saturated carbocycles. The van der Waals surface area contributed by atoms with Crippen LogP contribution in [0.3, 0.4) is 0 Å². The summed E-state index contributed by atoms with van der Waals surface area (Å²) in [5.74, 6) is 0. The molecule has 1 aromatic carbocycles. The van der Waals surface area contributed by atoms with Crippen molar-refractivity contribution >= 4 is 0 Å². The zero-order chi connectivity index (χ0) is 12.3. The van der Waals surface area contributed by atoms with Crippen LogP contribution in [-0.4, -0.2) is 5.11 Å². The van der Waals surface area contributed by atoms with Crippen LogP contribution in [0.5, 0.6) is 0 Å². The summed E-state index contributed by atoms with van der Waals surface area (Å²) < 4.78 is 0. The van der Waals surface area contributed by atoms with Gasteiger partial charge in [0.15, 0.2) is 0 Å². The third-order valence-electron chi connectivity index (χ3n) is 2.95. The fourth-order valence-corrected chi connectivity index (χ4v) is 1.92. The highest BCUT2D eigenvalue weighted by atomic mass is 16.3. The fourth-order valence-electron chi connectivity index (χ4n) is 1.92. The molecule has 0 saturated heterocycles. The van der Waals surface area contributed by atoms with Crippen LogP contribution in [-0.2, 0) is 0 Å². The molecule has 1 aromatic rings. The maximum absolute atomic E-state index is 10.2. The highest BCUT2D eigenvalue weighted by molar-refractivity contribution is 5.31. The Balaban J connectivity index is 2.70. The number of benzene rings is 1. The van der Waals surface area contributed by atoms with Crippen molar-refractivity contribution < 1.29 is 5.11 Å². The fraction of sp³-hybridized carbons (Fsp3) is 0.600. The van der Waals surface area contributed by atoms with Gasteiger partial charge in [0, 0.05) is 0 Å². The van der Waals surface area contributed by atoms with E-state index < -0.39 is 0 Å². The van der Waals surface area contributed by atoms with Crippen molar-refractivity contribution in [3.63, 3.8) is 0 Å². The summed E-state index contributed by atoms with van der Waals surface area (Å²) in [6.45, 7) is 10.8. The number of aliphatic hydroxyl groups excluding tert-OH is 1. The van der Waals surface area contributed by atoms with E-state index >= 15 is 0 Å². The van der Waals surface area contributed by atoms with E-state index in [1.165, 1.54) is 11.1 Å². The van der Waals surface area contributed by atoms with Crippen molar-refractivity contribution in [2.75, 3.05) is 0 Å². The second-order valence-corrected chi connectivity index (χ2v) is 5.98. The van der Waals surface area contributed by atoms with Gasteiger partial charge in [0.25, 0.3) is 0 Å². The number of hydrogen-bond donors (Lipinski definition) is 1. The highest BCUT2D eigenvalue weighted by Crippen LogP contribution is 2.28. The van der Waals surface area contributed by atoms with Crippen LogP contribution < -0.4 is 0 Å². The van der Waals surface area contributed by atoms with Crippen LogP contribution >= 0.6 is 0 Å². The Morgan fingerprint density at radius 2 is 1.81 bits per heavy atom. The highest BCUT2D eigenvalue weighted by Gasteiger charge is 2.15. The minimum absolute atomic E-state index is 0.291. The minimum atomic E-state index is -0.320. The SMILES string of the molecule is Cc1ccc(C(O)CCC(C)(C)C)c(C)c1. The zero-order valence-electron chi connectivity index (χ0n) is 11.2. The van der Waals surface area contributed by atoms with Gasteiger partial charge < -0.3 is 5.11 Å². The molecule has 0 fully saturated rings. The second kappa shape index (κ2) is 5.01. The Bertz CT molecular complexity index is 347. The van der Waals surface area contributed by atoms with Crippen LogP contribution in [0.15, 0.2) is 18.2 Å². The molecule has 1 atom stereocenters. The van der Waals surface area contributed by atoms with Crippen molar-refractivity contribution in [2.24, 2.45) is 5.41 Å². The first kappa shape index (κ1) is 13.2. The lowest BCUT2D eigenvalue weighted by molar-refractivity contribution is 0.147. The molecule has 1 rings (SSSR count). The molecule has 1 N–H and O–H groups in total. The summed E-state index contributed by atoms with van der Waals surface area (Å²) in [4.78, 5) is 0. The van der Waals surface area contributed by atoms with Gasteiger partial charge in [-0.05, 0) is 43.2 Å². The maximum atomic E-state index is 10.2. The van der Waals surface area contributed by atoms with Gasteiger partial charge in [-0.1, -0.05) is 44.5 Å². The normalized spacial score (nSPS) is 13.9. The second-order valence-electron chi connectivity index (χ2n) is 5.98. The summed E-state index contributed by atoms with van der Waals surface area (Å²) in [5, 5.41) is 10.2. The molecule has 0 heterocycles. The van der Waals surface area contributed by atoms with Gasteiger partial charge in [-0.3, -0.25) is 0 Å². The quantitative estimate of drug-likeness (QED) is 0.810. The average Bonchev–Trinajstić information content (AvgIpc) is 2.13. The van der Waals surface area contributed by atoms with Crippen molar-refractivity contribution in [3.05, 3.63) is 34.9 Å². The van der Waals surface area contributed by atoms with E-state index in [-0.39, 0.29) is 6.10 Å². The van der Waals surface area contributed by atoms with Crippen LogP contribution in [0.1, 0.15) is 56.4 Å². The first-order valence-corrected chi connectivity index (χ1v) is 6.05. The standard InChI is InChI=1S/C15H24O/c1-11-6-7-13(12(2)10-11)14(16)8-9-15(3,4)5/h6-7,10,14,16H,8-9H2,1-5H3. The third kappa shape index (κ3) is 3.97. The van der Waals surface area contributed by atoms with Crippen LogP contribution in [0, 0.1) is 19.3 Å². The Hall–Kier alpha value is -0.820. The Kier molecular flexibility index (Phi) is 4.15. The van der Waals surface area contributed by atoms with E-state index in [1.807, 2.05) is 0 Å². The Morgan fingerprint density at radius 1 is 1.19 bits per heavy atom. The van der Waals surface area contributed by atoms with Gasteiger partial charge in [-0.15, -0.1) is 0 Å². The summed E-state index contributed by atoms with van der Waals surface area (Å²) in [6.07, 6.45) is 1.56. The molecule has 0 spiro atoms. The Morgan fingerprint density at radius 3 is 2.31 bits per heavy atom. The van der Waals surface area contributed by atoms with E-state index in [0.29, 0.717) is 5.41 Å². The first-order valence-electron chi connectivity index (χ1n) is 6.05. The first-order chi connectivity index (χ1) is 7.29. The topological polar surface area (TPSA) is 20.2 Å². The lowest BCUT2D eigenvalue weighted by atomic mass is 9.87. The lowest BCUT2D eigenvalue weighted by Crippen LogP contribution is -2.09. The summed E-state index contributed by atoms with van der Waals surface area (Å²) in [6, 6.07) is 6.26. The Labute approximate surface area is 99.5 Å². The van der Waals surface area contributed by atoms with Gasteiger partial charge in [0.2, 0.25) is 0 Å². The number of rotatable bonds is 3. The lowest BCUT2D eigenvalue weighted by Gasteiger charge is -2.21. The largest absolute Gasteiger partial charge is 0.388 e. The van der Waals surface area contributed by atoms with Crippen LogP contribution in [0.2, 0.25) is 0 Å². The molecule has 0 aliphatic carbocycles. The summed E-state index contributed by atoms with van der Waals surface area (Å²) >= 11 is 0. The molecule has 90 valence electrons. The minimum Gasteiger partial charge on any atom is -0.388 e. The maximum Gasteiger partial charge on any atom is 0.0792 e. The number of hydrogen-bond acceptors (Lipinski definition) is 1. The van der Waals surface area contributed by atoms with Crippen molar-refractivity contribution in [1.29, 1.82) is 0 Å². The van der Waals surface area contributed by atoms with Gasteiger partial charge in [0.05, 0.1) is 6.10 Å². The van der Waals surface area contributed by atoms with Crippen molar-refractivity contribution in [1.82, 2.24) is 0 Å².